The summed E-state index contributed by atoms with van der Waals surface area (Å²) in [6.07, 6.45) is 11.3. The number of nitriles is 1. The molecule has 1 aliphatic carbocycles. The number of terminal acetylenes is 1. The molecule has 188 valence electrons. The van der Waals surface area contributed by atoms with E-state index in [2.05, 4.69) is 22.2 Å². The van der Waals surface area contributed by atoms with E-state index in [4.69, 9.17) is 16.6 Å². The summed E-state index contributed by atoms with van der Waals surface area (Å²) in [7, 11) is 0. The molecule has 1 aromatic heterocycles. The Morgan fingerprint density at radius 3 is 2.68 bits per heavy atom. The predicted octanol–water partition coefficient (Wildman–Crippen LogP) is 4.73. The molecule has 1 saturated heterocycles. The minimum absolute atomic E-state index is 0.137. The maximum absolute atomic E-state index is 13.6. The Balaban J connectivity index is 1.54. The Morgan fingerprint density at radius 2 is 1.97 bits per heavy atom. The van der Waals surface area contributed by atoms with Crippen LogP contribution >= 0.6 is 0 Å². The van der Waals surface area contributed by atoms with E-state index >= 15 is 0 Å². The molecule has 2 fully saturated rings. The number of carbonyl (C=O) groups excluding carboxylic acids is 1. The van der Waals surface area contributed by atoms with Crippen LogP contribution in [0.1, 0.15) is 72.8 Å². The number of hydrogen-bond acceptors (Lipinski definition) is 6. The van der Waals surface area contributed by atoms with E-state index < -0.39 is 11.0 Å². The highest BCUT2D eigenvalue weighted by molar-refractivity contribution is 5.96. The minimum atomic E-state index is -0.877. The third-order valence-corrected chi connectivity index (χ3v) is 7.68. The standard InChI is InChI=1S/C30H31N5O2/c1-3-25-12-9-15-35(25)27(36)23-16-22(17-24(18-23)30(20-31)13-7-8-14-30)26-33-34-28(37-26)29(2,32)19-21-10-5-4-6-11-21/h1,4-6,10-11,16-18,25H,7-9,12-15,19,32H2,2H3/t25?,29-/m1/s1. The summed E-state index contributed by atoms with van der Waals surface area (Å²) in [4.78, 5) is 15.3. The third-order valence-electron chi connectivity index (χ3n) is 7.68. The van der Waals surface area contributed by atoms with E-state index in [1.54, 1.807) is 11.0 Å². The highest BCUT2D eigenvalue weighted by Crippen LogP contribution is 2.42. The van der Waals surface area contributed by atoms with Crippen LogP contribution in [0.4, 0.5) is 0 Å². The smallest absolute Gasteiger partial charge is 0.254 e. The Hall–Kier alpha value is -3.94. The lowest BCUT2D eigenvalue weighted by Gasteiger charge is -2.24. The molecule has 5 rings (SSSR count). The Kier molecular flexibility index (Phi) is 6.58. The quantitative estimate of drug-likeness (QED) is 0.498. The van der Waals surface area contributed by atoms with E-state index in [1.165, 1.54) is 0 Å². The zero-order valence-corrected chi connectivity index (χ0v) is 21.1. The first-order valence-corrected chi connectivity index (χ1v) is 12.9. The molecule has 0 bridgehead atoms. The zero-order valence-electron chi connectivity index (χ0n) is 21.1. The molecule has 7 heteroatoms. The van der Waals surface area contributed by atoms with Gasteiger partial charge in [-0.2, -0.15) is 5.26 Å². The highest BCUT2D eigenvalue weighted by atomic mass is 16.4. The average Bonchev–Trinajstić information content (AvgIpc) is 3.69. The van der Waals surface area contributed by atoms with E-state index in [-0.39, 0.29) is 17.8 Å². The number of aromatic nitrogens is 2. The van der Waals surface area contributed by atoms with E-state index in [0.717, 1.165) is 49.7 Å². The Labute approximate surface area is 217 Å². The minimum Gasteiger partial charge on any atom is -0.419 e. The van der Waals surface area contributed by atoms with Crippen LogP contribution in [0.15, 0.2) is 52.9 Å². The third kappa shape index (κ3) is 4.75. The van der Waals surface area contributed by atoms with Crippen LogP contribution in [0.2, 0.25) is 0 Å². The molecule has 37 heavy (non-hydrogen) atoms. The number of nitrogens with two attached hydrogens (primary N) is 1. The van der Waals surface area contributed by atoms with Gasteiger partial charge in [0.05, 0.1) is 23.1 Å². The molecule has 0 spiro atoms. The number of nitrogens with zero attached hydrogens (tertiary/aromatic N) is 4. The van der Waals surface area contributed by atoms with Gasteiger partial charge in [-0.25, -0.2) is 0 Å². The predicted molar refractivity (Wildman–Crippen MR) is 140 cm³/mol. The topological polar surface area (TPSA) is 109 Å². The largest absolute Gasteiger partial charge is 0.419 e. The van der Waals surface area contributed by atoms with Crippen molar-refractivity contribution in [2.45, 2.75) is 68.9 Å². The van der Waals surface area contributed by atoms with Crippen molar-refractivity contribution in [3.8, 4) is 29.9 Å². The number of benzene rings is 2. The molecule has 1 unspecified atom stereocenters. The first-order chi connectivity index (χ1) is 17.8. The molecule has 2 heterocycles. The summed E-state index contributed by atoms with van der Waals surface area (Å²) in [5, 5.41) is 18.7. The fraction of sp³-hybridized carbons (Fsp3) is 0.400. The fourth-order valence-electron chi connectivity index (χ4n) is 5.61. The van der Waals surface area contributed by atoms with Gasteiger partial charge in [0.15, 0.2) is 0 Å². The van der Waals surface area contributed by atoms with E-state index in [0.29, 0.717) is 30.0 Å². The van der Waals surface area contributed by atoms with Gasteiger partial charge in [0, 0.05) is 17.7 Å². The van der Waals surface area contributed by atoms with Crippen molar-refractivity contribution in [1.29, 1.82) is 5.26 Å². The van der Waals surface area contributed by atoms with Crippen molar-refractivity contribution < 1.29 is 9.21 Å². The second-order valence-electron chi connectivity index (χ2n) is 10.5. The van der Waals surface area contributed by atoms with Crippen LogP contribution in [-0.2, 0) is 17.4 Å². The molecule has 1 amide bonds. The molecule has 2 N–H and O–H groups in total. The molecular formula is C30H31N5O2. The van der Waals surface area contributed by atoms with Crippen LogP contribution < -0.4 is 5.73 Å². The lowest BCUT2D eigenvalue weighted by Crippen LogP contribution is -2.35. The lowest BCUT2D eigenvalue weighted by molar-refractivity contribution is 0.0766. The van der Waals surface area contributed by atoms with E-state index in [1.807, 2.05) is 49.4 Å². The number of rotatable bonds is 6. The maximum Gasteiger partial charge on any atom is 0.254 e. The van der Waals surface area contributed by atoms with Gasteiger partial charge >= 0.3 is 0 Å². The molecule has 2 aromatic carbocycles. The maximum atomic E-state index is 13.6. The van der Waals surface area contributed by atoms with Crippen LogP contribution in [-0.4, -0.2) is 33.6 Å². The van der Waals surface area contributed by atoms with Crippen LogP contribution in [0.3, 0.4) is 0 Å². The number of amides is 1. The summed E-state index contributed by atoms with van der Waals surface area (Å²) < 4.78 is 6.11. The lowest BCUT2D eigenvalue weighted by atomic mass is 9.79. The van der Waals surface area contributed by atoms with Gasteiger partial charge in [0.1, 0.15) is 0 Å². The molecular weight excluding hydrogens is 462 g/mol. The second kappa shape index (κ2) is 9.84. The van der Waals surface area contributed by atoms with Gasteiger partial charge in [-0.3, -0.25) is 4.79 Å². The zero-order chi connectivity index (χ0) is 26.0. The molecule has 7 nitrogen and oxygen atoms in total. The van der Waals surface area contributed by atoms with Gasteiger partial charge in [0.25, 0.3) is 5.91 Å². The van der Waals surface area contributed by atoms with Crippen LogP contribution in [0.25, 0.3) is 11.5 Å². The summed E-state index contributed by atoms with van der Waals surface area (Å²) >= 11 is 0. The SMILES string of the molecule is C#CC1CCCN1C(=O)c1cc(-c2nnc([C@](C)(N)Cc3ccccc3)o2)cc(C2(C#N)CCCC2)c1. The van der Waals surface area contributed by atoms with Gasteiger partial charge in [-0.05, 0) is 68.4 Å². The van der Waals surface area contributed by atoms with Crippen molar-refractivity contribution in [2.75, 3.05) is 6.54 Å². The van der Waals surface area contributed by atoms with Crippen molar-refractivity contribution in [1.82, 2.24) is 15.1 Å². The fourth-order valence-corrected chi connectivity index (χ4v) is 5.61. The van der Waals surface area contributed by atoms with Gasteiger partial charge in [-0.15, -0.1) is 16.6 Å². The molecule has 3 aromatic rings. The van der Waals surface area contributed by atoms with Crippen LogP contribution in [0, 0.1) is 23.7 Å². The second-order valence-corrected chi connectivity index (χ2v) is 10.5. The van der Waals surface area contributed by atoms with Crippen molar-refractivity contribution in [3.05, 3.63) is 71.1 Å². The van der Waals surface area contributed by atoms with E-state index in [9.17, 15) is 10.1 Å². The van der Waals surface area contributed by atoms with Crippen LogP contribution in [0.5, 0.6) is 0 Å². The molecule has 1 aliphatic heterocycles. The number of hydrogen-bond donors (Lipinski definition) is 1. The first kappa shape index (κ1) is 24.7. The summed E-state index contributed by atoms with van der Waals surface area (Å²) in [6, 6.07) is 17.8. The van der Waals surface area contributed by atoms with Gasteiger partial charge < -0.3 is 15.1 Å². The van der Waals surface area contributed by atoms with Crippen molar-refractivity contribution in [2.24, 2.45) is 5.73 Å². The molecule has 2 aliphatic rings. The highest BCUT2D eigenvalue weighted by Gasteiger charge is 2.38. The van der Waals surface area contributed by atoms with Gasteiger partial charge in [0.2, 0.25) is 11.8 Å². The monoisotopic (exact) mass is 493 g/mol. The summed E-state index contributed by atoms with van der Waals surface area (Å²) in [5.74, 6) is 3.19. The van der Waals surface area contributed by atoms with Gasteiger partial charge in [-0.1, -0.05) is 49.1 Å². The molecule has 0 radical (unpaired) electrons. The first-order valence-electron chi connectivity index (χ1n) is 12.9. The summed E-state index contributed by atoms with van der Waals surface area (Å²) in [6.45, 7) is 2.48. The average molecular weight is 494 g/mol. The normalized spacial score (nSPS) is 20.2. The van der Waals surface area contributed by atoms with Crippen molar-refractivity contribution >= 4 is 5.91 Å². The van der Waals surface area contributed by atoms with Crippen molar-refractivity contribution in [3.63, 3.8) is 0 Å². The number of carbonyl (C=O) groups is 1. The molecule has 2 atom stereocenters. The molecule has 1 saturated carbocycles. The number of likely N-dealkylation sites (tertiary alicyclic amines) is 1. The Bertz CT molecular complexity index is 1370. The summed E-state index contributed by atoms with van der Waals surface area (Å²) in [5.41, 5.74) is 8.05. The Morgan fingerprint density at radius 1 is 1.22 bits per heavy atom.